The molecule has 4 rings (SSSR count). The molecule has 1 amide bonds. The Balaban J connectivity index is 1.45. The lowest BCUT2D eigenvalue weighted by Crippen LogP contribution is -2.46. The molecule has 1 aromatic heterocycles. The van der Waals surface area contributed by atoms with Gasteiger partial charge in [0.05, 0.1) is 22.1 Å². The standard InChI is InChI=1S/C24H27N3O5S/c1-16-12-18(21-4-2-3-5-23(21)26-16)14-32-19-6-8-20(9-7-19)33(30,31)15-17-10-11-25-13-22(17)24(28)27-29/h2-9,12,17,22,25,29H,10-11,13-15H2,1H3,(H,27,28)/t17-,22-/m1/s1. The molecule has 1 saturated heterocycles. The topological polar surface area (TPSA) is 118 Å². The van der Waals surface area contributed by atoms with Crippen LogP contribution in [0, 0.1) is 18.8 Å². The van der Waals surface area contributed by atoms with E-state index in [0.29, 0.717) is 31.9 Å². The summed E-state index contributed by atoms with van der Waals surface area (Å²) in [6, 6.07) is 16.2. The summed E-state index contributed by atoms with van der Waals surface area (Å²) >= 11 is 0. The maximum atomic E-state index is 13.0. The second-order valence-corrected chi connectivity index (χ2v) is 10.4. The Bertz CT molecular complexity index is 1240. The maximum Gasteiger partial charge on any atom is 0.248 e. The van der Waals surface area contributed by atoms with Crippen molar-refractivity contribution in [3.05, 3.63) is 65.9 Å². The Morgan fingerprint density at radius 1 is 1.21 bits per heavy atom. The first-order valence-electron chi connectivity index (χ1n) is 10.8. The van der Waals surface area contributed by atoms with E-state index >= 15 is 0 Å². The summed E-state index contributed by atoms with van der Waals surface area (Å²) in [7, 11) is -3.61. The third-order valence-corrected chi connectivity index (χ3v) is 7.87. The first-order valence-corrected chi connectivity index (χ1v) is 12.5. The van der Waals surface area contributed by atoms with Gasteiger partial charge in [-0.25, -0.2) is 13.9 Å². The predicted octanol–water partition coefficient (Wildman–Crippen LogP) is 2.63. The summed E-state index contributed by atoms with van der Waals surface area (Å²) in [5.74, 6) is -1.13. The first kappa shape index (κ1) is 23.2. The van der Waals surface area contributed by atoms with Gasteiger partial charge in [0.25, 0.3) is 0 Å². The molecule has 8 nitrogen and oxygen atoms in total. The number of aryl methyl sites for hydroxylation is 1. The average molecular weight is 470 g/mol. The molecule has 3 aromatic rings. The number of amides is 1. The highest BCUT2D eigenvalue weighted by molar-refractivity contribution is 7.91. The molecule has 0 unspecified atom stereocenters. The van der Waals surface area contributed by atoms with Crippen molar-refractivity contribution < 1.29 is 23.2 Å². The Morgan fingerprint density at radius 2 is 1.97 bits per heavy atom. The molecule has 33 heavy (non-hydrogen) atoms. The summed E-state index contributed by atoms with van der Waals surface area (Å²) in [5.41, 5.74) is 4.46. The molecule has 9 heteroatoms. The van der Waals surface area contributed by atoms with E-state index in [-0.39, 0.29) is 16.6 Å². The molecule has 2 heterocycles. The van der Waals surface area contributed by atoms with Crippen molar-refractivity contribution in [3.63, 3.8) is 0 Å². The zero-order valence-corrected chi connectivity index (χ0v) is 19.1. The highest BCUT2D eigenvalue weighted by atomic mass is 32.2. The zero-order valence-electron chi connectivity index (χ0n) is 18.3. The van der Waals surface area contributed by atoms with Crippen LogP contribution in [0.4, 0.5) is 0 Å². The summed E-state index contributed by atoms with van der Waals surface area (Å²) in [6.45, 7) is 3.24. The first-order chi connectivity index (χ1) is 15.9. The van der Waals surface area contributed by atoms with Gasteiger partial charge < -0.3 is 10.1 Å². The normalized spacial score (nSPS) is 18.7. The van der Waals surface area contributed by atoms with Crippen molar-refractivity contribution >= 4 is 26.6 Å². The van der Waals surface area contributed by atoms with E-state index in [1.54, 1.807) is 17.6 Å². The van der Waals surface area contributed by atoms with E-state index in [2.05, 4.69) is 10.3 Å². The van der Waals surface area contributed by atoms with Crippen LogP contribution in [-0.2, 0) is 21.2 Å². The number of para-hydroxylation sites is 1. The fraction of sp³-hybridized carbons (Fsp3) is 0.333. The van der Waals surface area contributed by atoms with Gasteiger partial charge in [-0.1, -0.05) is 18.2 Å². The molecular weight excluding hydrogens is 442 g/mol. The van der Waals surface area contributed by atoms with Crippen molar-refractivity contribution in [1.29, 1.82) is 0 Å². The number of carbonyl (C=O) groups is 1. The number of nitrogens with zero attached hydrogens (tertiary/aromatic N) is 1. The van der Waals surface area contributed by atoms with Crippen LogP contribution in [0.3, 0.4) is 0 Å². The fourth-order valence-corrected chi connectivity index (χ4v) is 6.00. The number of rotatable bonds is 7. The van der Waals surface area contributed by atoms with E-state index in [0.717, 1.165) is 22.2 Å². The minimum Gasteiger partial charge on any atom is -0.489 e. The molecule has 0 bridgehead atoms. The molecule has 0 aliphatic carbocycles. The SMILES string of the molecule is Cc1cc(COc2ccc(S(=O)(=O)C[C@H]3CCNC[C@H]3C(=O)NO)cc2)c2ccccc2n1. The van der Waals surface area contributed by atoms with Crippen molar-refractivity contribution in [2.75, 3.05) is 18.8 Å². The lowest BCUT2D eigenvalue weighted by atomic mass is 9.87. The highest BCUT2D eigenvalue weighted by Gasteiger charge is 2.34. The van der Waals surface area contributed by atoms with Crippen molar-refractivity contribution in [2.24, 2.45) is 11.8 Å². The molecule has 2 aromatic carbocycles. The number of fused-ring (bicyclic) bond motifs is 1. The largest absolute Gasteiger partial charge is 0.489 e. The van der Waals surface area contributed by atoms with Gasteiger partial charge in [0.1, 0.15) is 12.4 Å². The third kappa shape index (κ3) is 5.32. The molecular formula is C24H27N3O5S. The number of carbonyl (C=O) groups excluding carboxylic acids is 1. The van der Waals surface area contributed by atoms with Gasteiger partial charge in [-0.05, 0) is 62.2 Å². The lowest BCUT2D eigenvalue weighted by Gasteiger charge is -2.30. The number of pyridine rings is 1. The van der Waals surface area contributed by atoms with Crippen LogP contribution in [0.1, 0.15) is 17.7 Å². The fourth-order valence-electron chi connectivity index (χ4n) is 4.30. The Labute approximate surface area is 192 Å². The van der Waals surface area contributed by atoms with Crippen molar-refractivity contribution in [3.8, 4) is 5.75 Å². The predicted molar refractivity (Wildman–Crippen MR) is 124 cm³/mol. The third-order valence-electron chi connectivity index (χ3n) is 6.01. The molecule has 1 aliphatic heterocycles. The summed E-state index contributed by atoms with van der Waals surface area (Å²) in [5, 5.41) is 13.1. The van der Waals surface area contributed by atoms with Crippen molar-refractivity contribution in [1.82, 2.24) is 15.8 Å². The molecule has 0 saturated carbocycles. The summed E-state index contributed by atoms with van der Waals surface area (Å²) < 4.78 is 31.9. The van der Waals surface area contributed by atoms with E-state index in [1.807, 2.05) is 37.3 Å². The Morgan fingerprint density at radius 3 is 2.73 bits per heavy atom. The number of hydrogen-bond acceptors (Lipinski definition) is 7. The monoisotopic (exact) mass is 469 g/mol. The number of sulfone groups is 1. The van der Waals surface area contributed by atoms with Crippen LogP contribution in [0.2, 0.25) is 0 Å². The van der Waals surface area contributed by atoms with Gasteiger partial charge >= 0.3 is 0 Å². The summed E-state index contributed by atoms with van der Waals surface area (Å²) in [6.07, 6.45) is 0.540. The second kappa shape index (κ2) is 9.86. The maximum absolute atomic E-state index is 13.0. The van der Waals surface area contributed by atoms with Crippen LogP contribution in [0.25, 0.3) is 10.9 Å². The molecule has 2 atom stereocenters. The average Bonchev–Trinajstić information content (AvgIpc) is 2.82. The van der Waals surface area contributed by atoms with Gasteiger partial charge in [-0.2, -0.15) is 0 Å². The van der Waals surface area contributed by atoms with E-state index < -0.39 is 21.7 Å². The number of ether oxygens (including phenoxy) is 1. The number of hydroxylamine groups is 1. The van der Waals surface area contributed by atoms with Crippen LogP contribution in [0.5, 0.6) is 5.75 Å². The highest BCUT2D eigenvalue weighted by Crippen LogP contribution is 2.26. The van der Waals surface area contributed by atoms with E-state index in [1.165, 1.54) is 12.1 Å². The van der Waals surface area contributed by atoms with Gasteiger partial charge in [-0.15, -0.1) is 0 Å². The van der Waals surface area contributed by atoms with Crippen molar-refractivity contribution in [2.45, 2.75) is 24.8 Å². The smallest absolute Gasteiger partial charge is 0.248 e. The van der Waals surface area contributed by atoms with Crippen LogP contribution >= 0.6 is 0 Å². The number of hydrogen-bond donors (Lipinski definition) is 3. The van der Waals surface area contributed by atoms with Gasteiger partial charge in [-0.3, -0.25) is 15.0 Å². The van der Waals surface area contributed by atoms with Gasteiger partial charge in [0, 0.05) is 23.2 Å². The second-order valence-electron chi connectivity index (χ2n) is 8.32. The van der Waals surface area contributed by atoms with Crippen LogP contribution < -0.4 is 15.5 Å². The van der Waals surface area contributed by atoms with Crippen LogP contribution in [0.15, 0.2) is 59.5 Å². The lowest BCUT2D eigenvalue weighted by molar-refractivity contribution is -0.135. The molecule has 1 fully saturated rings. The van der Waals surface area contributed by atoms with Gasteiger partial charge in [0.2, 0.25) is 5.91 Å². The quantitative estimate of drug-likeness (QED) is 0.360. The van der Waals surface area contributed by atoms with E-state index in [4.69, 9.17) is 9.94 Å². The molecule has 3 N–H and O–H groups in total. The minimum absolute atomic E-state index is 0.157. The zero-order chi connectivity index (χ0) is 23.4. The number of aromatic nitrogens is 1. The molecule has 1 aliphatic rings. The Hall–Kier alpha value is -3.01. The van der Waals surface area contributed by atoms with Gasteiger partial charge in [0.15, 0.2) is 9.84 Å². The van der Waals surface area contributed by atoms with E-state index in [9.17, 15) is 13.2 Å². The number of benzene rings is 2. The number of nitrogens with one attached hydrogen (secondary N) is 2. The molecule has 174 valence electrons. The Kier molecular flexibility index (Phi) is 6.92. The van der Waals surface area contributed by atoms with Crippen LogP contribution in [-0.4, -0.2) is 43.4 Å². The molecule has 0 radical (unpaired) electrons. The molecule has 0 spiro atoms. The minimum atomic E-state index is -3.61. The summed E-state index contributed by atoms with van der Waals surface area (Å²) in [4.78, 5) is 16.6. The number of piperidine rings is 1.